The van der Waals surface area contributed by atoms with E-state index in [4.69, 9.17) is 0 Å². The molecule has 0 amide bonds. The van der Waals surface area contributed by atoms with Crippen molar-refractivity contribution in [3.05, 3.63) is 70.1 Å². The summed E-state index contributed by atoms with van der Waals surface area (Å²) < 4.78 is 0. The highest BCUT2D eigenvalue weighted by atomic mass is 16.1. The number of nitrogens with one attached hydrogen (secondary N) is 2. The highest BCUT2D eigenvalue weighted by molar-refractivity contribution is 5.14. The van der Waals surface area contributed by atoms with Gasteiger partial charge in [0.15, 0.2) is 5.43 Å². The lowest BCUT2D eigenvalue weighted by atomic mass is 10.1. The second kappa shape index (κ2) is 6.17. The first-order chi connectivity index (χ1) is 8.75. The molecule has 2 rings (SSSR count). The summed E-state index contributed by atoms with van der Waals surface area (Å²) in [6, 6.07) is 13.5. The zero-order valence-corrected chi connectivity index (χ0v) is 10.5. The molecule has 0 saturated heterocycles. The Labute approximate surface area is 107 Å². The number of hydrogen-bond donors (Lipinski definition) is 2. The number of rotatable bonds is 5. The Balaban J connectivity index is 1.85. The van der Waals surface area contributed by atoms with Gasteiger partial charge in [-0.2, -0.15) is 0 Å². The minimum Gasteiger partial charge on any atom is -0.364 e. The van der Waals surface area contributed by atoms with Crippen molar-refractivity contribution >= 4 is 0 Å². The van der Waals surface area contributed by atoms with Crippen LogP contribution in [-0.2, 0) is 6.54 Å². The summed E-state index contributed by atoms with van der Waals surface area (Å²) >= 11 is 0. The van der Waals surface area contributed by atoms with Crippen molar-refractivity contribution in [1.29, 1.82) is 0 Å². The normalized spacial score (nSPS) is 12.3. The maximum atomic E-state index is 11.2. The third kappa shape index (κ3) is 3.57. The molecular weight excluding hydrogens is 224 g/mol. The van der Waals surface area contributed by atoms with Crippen molar-refractivity contribution < 1.29 is 0 Å². The van der Waals surface area contributed by atoms with Gasteiger partial charge >= 0.3 is 0 Å². The molecule has 1 heterocycles. The Bertz CT molecular complexity index is 533. The Morgan fingerprint density at radius 3 is 2.72 bits per heavy atom. The molecule has 2 aromatic rings. The molecule has 0 radical (unpaired) electrons. The fraction of sp³-hybridized carbons (Fsp3) is 0.267. The lowest BCUT2D eigenvalue weighted by Gasteiger charge is -2.12. The van der Waals surface area contributed by atoms with E-state index in [0.29, 0.717) is 5.92 Å². The Morgan fingerprint density at radius 2 is 2.00 bits per heavy atom. The molecule has 0 bridgehead atoms. The van der Waals surface area contributed by atoms with Crippen LogP contribution in [0.15, 0.2) is 53.5 Å². The van der Waals surface area contributed by atoms with E-state index in [2.05, 4.69) is 29.4 Å². The van der Waals surface area contributed by atoms with E-state index in [-0.39, 0.29) is 5.43 Å². The third-order valence-corrected chi connectivity index (χ3v) is 2.95. The van der Waals surface area contributed by atoms with Crippen LogP contribution in [0.1, 0.15) is 24.1 Å². The fourth-order valence-electron chi connectivity index (χ4n) is 1.89. The predicted molar refractivity (Wildman–Crippen MR) is 73.6 cm³/mol. The monoisotopic (exact) mass is 242 g/mol. The first-order valence-corrected chi connectivity index (χ1v) is 6.19. The first-order valence-electron chi connectivity index (χ1n) is 6.19. The Hall–Kier alpha value is -1.87. The molecule has 1 atom stereocenters. The SMILES string of the molecule is CC(CNCc1ccccc1)c1cc(=O)cc[nH]1. The van der Waals surface area contributed by atoms with E-state index >= 15 is 0 Å². The van der Waals surface area contributed by atoms with Crippen LogP contribution in [0, 0.1) is 0 Å². The quantitative estimate of drug-likeness (QED) is 0.844. The van der Waals surface area contributed by atoms with E-state index in [1.165, 1.54) is 11.6 Å². The molecule has 1 unspecified atom stereocenters. The van der Waals surface area contributed by atoms with Gasteiger partial charge < -0.3 is 10.3 Å². The smallest absolute Gasteiger partial charge is 0.181 e. The van der Waals surface area contributed by atoms with Crippen LogP contribution in [0.2, 0.25) is 0 Å². The average molecular weight is 242 g/mol. The summed E-state index contributed by atoms with van der Waals surface area (Å²) in [4.78, 5) is 14.4. The molecule has 0 spiro atoms. The van der Waals surface area contributed by atoms with Crippen molar-refractivity contribution in [3.8, 4) is 0 Å². The summed E-state index contributed by atoms with van der Waals surface area (Å²) in [7, 11) is 0. The van der Waals surface area contributed by atoms with Crippen LogP contribution in [-0.4, -0.2) is 11.5 Å². The van der Waals surface area contributed by atoms with Gasteiger partial charge in [-0.05, 0) is 5.56 Å². The summed E-state index contributed by atoms with van der Waals surface area (Å²) in [6.45, 7) is 3.79. The maximum absolute atomic E-state index is 11.2. The van der Waals surface area contributed by atoms with Crippen LogP contribution in [0.25, 0.3) is 0 Å². The lowest BCUT2D eigenvalue weighted by molar-refractivity contribution is 0.604. The number of aromatic nitrogens is 1. The summed E-state index contributed by atoms with van der Waals surface area (Å²) in [5.74, 6) is 0.294. The van der Waals surface area contributed by atoms with Crippen LogP contribution >= 0.6 is 0 Å². The van der Waals surface area contributed by atoms with Crippen LogP contribution in [0.5, 0.6) is 0 Å². The van der Waals surface area contributed by atoms with E-state index < -0.39 is 0 Å². The molecule has 3 nitrogen and oxygen atoms in total. The number of pyridine rings is 1. The van der Waals surface area contributed by atoms with Crippen molar-refractivity contribution in [2.75, 3.05) is 6.54 Å². The van der Waals surface area contributed by atoms with Crippen LogP contribution in [0.3, 0.4) is 0 Å². The first kappa shape index (κ1) is 12.6. The molecule has 1 aromatic carbocycles. The van der Waals surface area contributed by atoms with Crippen LogP contribution < -0.4 is 10.7 Å². The van der Waals surface area contributed by atoms with Gasteiger partial charge in [0.1, 0.15) is 0 Å². The predicted octanol–water partition coefficient (Wildman–Crippen LogP) is 2.27. The lowest BCUT2D eigenvalue weighted by Crippen LogP contribution is -2.21. The molecule has 2 N–H and O–H groups in total. The third-order valence-electron chi connectivity index (χ3n) is 2.95. The number of hydrogen-bond acceptors (Lipinski definition) is 2. The van der Waals surface area contributed by atoms with E-state index in [1.54, 1.807) is 12.3 Å². The number of H-pyrrole nitrogens is 1. The van der Waals surface area contributed by atoms with Gasteiger partial charge in [-0.1, -0.05) is 37.3 Å². The molecule has 0 aliphatic rings. The standard InChI is InChI=1S/C15H18N2O/c1-12(15-9-14(18)7-8-17-15)10-16-11-13-5-3-2-4-6-13/h2-9,12,16H,10-11H2,1H3,(H,17,18). The molecule has 0 aliphatic carbocycles. The van der Waals surface area contributed by atoms with Gasteiger partial charge in [-0.25, -0.2) is 0 Å². The van der Waals surface area contributed by atoms with Gasteiger partial charge in [0.05, 0.1) is 0 Å². The minimum absolute atomic E-state index is 0.0543. The molecule has 3 heteroatoms. The molecule has 0 fully saturated rings. The minimum atomic E-state index is 0.0543. The van der Waals surface area contributed by atoms with E-state index in [1.807, 2.05) is 18.2 Å². The summed E-state index contributed by atoms with van der Waals surface area (Å²) in [5, 5.41) is 3.40. The Morgan fingerprint density at radius 1 is 1.22 bits per heavy atom. The zero-order chi connectivity index (χ0) is 12.8. The average Bonchev–Trinajstić information content (AvgIpc) is 2.40. The van der Waals surface area contributed by atoms with Gasteiger partial charge in [0.25, 0.3) is 0 Å². The molecule has 94 valence electrons. The van der Waals surface area contributed by atoms with Crippen molar-refractivity contribution in [1.82, 2.24) is 10.3 Å². The van der Waals surface area contributed by atoms with Gasteiger partial charge in [0, 0.05) is 43.0 Å². The largest absolute Gasteiger partial charge is 0.364 e. The molecule has 18 heavy (non-hydrogen) atoms. The van der Waals surface area contributed by atoms with Gasteiger partial charge in [-0.15, -0.1) is 0 Å². The number of benzene rings is 1. The van der Waals surface area contributed by atoms with E-state index in [0.717, 1.165) is 18.8 Å². The molecular formula is C15H18N2O. The second-order valence-electron chi connectivity index (χ2n) is 4.50. The van der Waals surface area contributed by atoms with Crippen molar-refractivity contribution in [3.63, 3.8) is 0 Å². The molecule has 0 saturated carbocycles. The van der Waals surface area contributed by atoms with Gasteiger partial charge in [0.2, 0.25) is 0 Å². The molecule has 0 aliphatic heterocycles. The molecule has 1 aromatic heterocycles. The zero-order valence-electron chi connectivity index (χ0n) is 10.5. The number of aromatic amines is 1. The van der Waals surface area contributed by atoms with E-state index in [9.17, 15) is 4.79 Å². The maximum Gasteiger partial charge on any atom is 0.181 e. The highest BCUT2D eigenvalue weighted by Crippen LogP contribution is 2.08. The topological polar surface area (TPSA) is 44.9 Å². The van der Waals surface area contributed by atoms with Crippen molar-refractivity contribution in [2.45, 2.75) is 19.4 Å². The van der Waals surface area contributed by atoms with Crippen LogP contribution in [0.4, 0.5) is 0 Å². The van der Waals surface area contributed by atoms with Crippen molar-refractivity contribution in [2.24, 2.45) is 0 Å². The highest BCUT2D eigenvalue weighted by Gasteiger charge is 2.05. The fourth-order valence-corrected chi connectivity index (χ4v) is 1.89. The second-order valence-corrected chi connectivity index (χ2v) is 4.50. The summed E-state index contributed by atoms with van der Waals surface area (Å²) in [5.41, 5.74) is 2.30. The van der Waals surface area contributed by atoms with Gasteiger partial charge in [-0.3, -0.25) is 4.79 Å². The summed E-state index contributed by atoms with van der Waals surface area (Å²) in [6.07, 6.45) is 1.70. The Kier molecular flexibility index (Phi) is 4.31.